The molecule has 25 heavy (non-hydrogen) atoms. The Labute approximate surface area is 153 Å². The predicted molar refractivity (Wildman–Crippen MR) is 93.9 cm³/mol. The molecule has 0 radical (unpaired) electrons. The summed E-state index contributed by atoms with van der Waals surface area (Å²) in [5.41, 5.74) is 1.45. The SMILES string of the molecule is Cc1nc(SCC(=O)N(C)c2ccc(F)cc2F)c(C#N)c(C)c1Cl. The lowest BCUT2D eigenvalue weighted by molar-refractivity contribution is -0.115. The second kappa shape index (κ2) is 7.81. The number of benzene rings is 1. The molecule has 0 bridgehead atoms. The van der Waals surface area contributed by atoms with Gasteiger partial charge in [0, 0.05) is 13.1 Å². The van der Waals surface area contributed by atoms with Crippen molar-refractivity contribution in [2.24, 2.45) is 0 Å². The third-order valence-corrected chi connectivity index (χ3v) is 5.11. The molecule has 0 unspecified atom stereocenters. The lowest BCUT2D eigenvalue weighted by atomic mass is 10.1. The van der Waals surface area contributed by atoms with Gasteiger partial charge >= 0.3 is 0 Å². The monoisotopic (exact) mass is 381 g/mol. The van der Waals surface area contributed by atoms with Crippen LogP contribution in [0.4, 0.5) is 14.5 Å². The summed E-state index contributed by atoms with van der Waals surface area (Å²) in [6, 6.07) is 5.03. The topological polar surface area (TPSA) is 57.0 Å². The third kappa shape index (κ3) is 4.09. The minimum absolute atomic E-state index is 0.0241. The number of hydrogen-bond acceptors (Lipinski definition) is 4. The maximum absolute atomic E-state index is 13.8. The van der Waals surface area contributed by atoms with Gasteiger partial charge in [0.2, 0.25) is 5.91 Å². The maximum Gasteiger partial charge on any atom is 0.237 e. The Hall–Kier alpha value is -2.17. The van der Waals surface area contributed by atoms with E-state index in [1.54, 1.807) is 13.8 Å². The van der Waals surface area contributed by atoms with E-state index >= 15 is 0 Å². The molecule has 0 saturated heterocycles. The van der Waals surface area contributed by atoms with Crippen LogP contribution >= 0.6 is 23.4 Å². The lowest BCUT2D eigenvalue weighted by Gasteiger charge is -2.18. The number of rotatable bonds is 4. The molecule has 0 spiro atoms. The minimum Gasteiger partial charge on any atom is -0.312 e. The van der Waals surface area contributed by atoms with E-state index in [9.17, 15) is 18.8 Å². The summed E-state index contributed by atoms with van der Waals surface area (Å²) < 4.78 is 26.8. The number of pyridine rings is 1. The summed E-state index contributed by atoms with van der Waals surface area (Å²) in [5.74, 6) is -2.01. The molecule has 0 aliphatic heterocycles. The Morgan fingerprint density at radius 2 is 2.08 bits per heavy atom. The van der Waals surface area contributed by atoms with E-state index in [4.69, 9.17) is 11.6 Å². The molecule has 0 saturated carbocycles. The summed E-state index contributed by atoms with van der Waals surface area (Å²) in [6.45, 7) is 3.42. The van der Waals surface area contributed by atoms with Gasteiger partial charge in [-0.3, -0.25) is 4.79 Å². The van der Waals surface area contributed by atoms with E-state index < -0.39 is 17.5 Å². The molecular weight excluding hydrogens is 368 g/mol. The van der Waals surface area contributed by atoms with E-state index in [1.807, 2.05) is 6.07 Å². The fourth-order valence-electron chi connectivity index (χ4n) is 2.15. The Kier molecular flexibility index (Phi) is 5.98. The van der Waals surface area contributed by atoms with Crippen LogP contribution in [0.25, 0.3) is 0 Å². The third-order valence-electron chi connectivity index (χ3n) is 3.59. The van der Waals surface area contributed by atoms with Gasteiger partial charge in [-0.1, -0.05) is 23.4 Å². The van der Waals surface area contributed by atoms with Crippen molar-refractivity contribution in [3.63, 3.8) is 0 Å². The van der Waals surface area contributed by atoms with Gasteiger partial charge in [-0.15, -0.1) is 0 Å². The number of thioether (sulfide) groups is 1. The zero-order chi connectivity index (χ0) is 18.7. The Bertz CT molecular complexity index is 883. The van der Waals surface area contributed by atoms with Gasteiger partial charge in [0.15, 0.2) is 0 Å². The fraction of sp³-hybridized carbons (Fsp3) is 0.235. The zero-order valence-corrected chi connectivity index (χ0v) is 15.3. The first kappa shape index (κ1) is 19.2. The van der Waals surface area contributed by atoms with Crippen LogP contribution in [0.15, 0.2) is 23.2 Å². The highest BCUT2D eigenvalue weighted by Gasteiger charge is 2.19. The first-order valence-electron chi connectivity index (χ1n) is 7.17. The van der Waals surface area contributed by atoms with Crippen LogP contribution in [-0.2, 0) is 4.79 Å². The van der Waals surface area contributed by atoms with Crippen molar-refractivity contribution in [1.29, 1.82) is 5.26 Å². The molecule has 8 heteroatoms. The number of carbonyl (C=O) groups excluding carboxylic acids is 1. The summed E-state index contributed by atoms with van der Waals surface area (Å²) in [5, 5.41) is 10.1. The molecule has 2 rings (SSSR count). The standard InChI is InChI=1S/C17H14ClF2N3OS/c1-9-12(7-21)17(22-10(2)16(9)18)25-8-15(24)23(3)14-5-4-11(19)6-13(14)20/h4-6H,8H2,1-3H3. The van der Waals surface area contributed by atoms with Crippen molar-refractivity contribution in [2.45, 2.75) is 18.9 Å². The van der Waals surface area contributed by atoms with Gasteiger partial charge in [-0.05, 0) is 31.5 Å². The van der Waals surface area contributed by atoms with Gasteiger partial charge in [0.05, 0.1) is 27.7 Å². The van der Waals surface area contributed by atoms with Gasteiger partial charge in [-0.25, -0.2) is 13.8 Å². The largest absolute Gasteiger partial charge is 0.312 e. The highest BCUT2D eigenvalue weighted by atomic mass is 35.5. The van der Waals surface area contributed by atoms with Gasteiger partial charge in [0.1, 0.15) is 22.7 Å². The zero-order valence-electron chi connectivity index (χ0n) is 13.7. The number of hydrogen-bond donors (Lipinski definition) is 0. The summed E-state index contributed by atoms with van der Waals surface area (Å²) in [6.07, 6.45) is 0. The lowest BCUT2D eigenvalue weighted by Crippen LogP contribution is -2.28. The molecule has 1 heterocycles. The van der Waals surface area contributed by atoms with E-state index in [2.05, 4.69) is 4.98 Å². The average Bonchev–Trinajstić information content (AvgIpc) is 2.57. The van der Waals surface area contributed by atoms with Crippen LogP contribution < -0.4 is 4.90 Å². The average molecular weight is 382 g/mol. The van der Waals surface area contributed by atoms with Crippen LogP contribution in [0.5, 0.6) is 0 Å². The fourth-order valence-corrected chi connectivity index (χ4v) is 3.28. The smallest absolute Gasteiger partial charge is 0.237 e. The number of anilines is 1. The van der Waals surface area contributed by atoms with Crippen LogP contribution in [0, 0.1) is 36.8 Å². The number of amides is 1. The second-order valence-electron chi connectivity index (χ2n) is 5.27. The van der Waals surface area contributed by atoms with Crippen molar-refractivity contribution in [1.82, 2.24) is 4.98 Å². The maximum atomic E-state index is 13.8. The Balaban J connectivity index is 2.19. The molecule has 0 N–H and O–H groups in total. The molecule has 4 nitrogen and oxygen atoms in total. The van der Waals surface area contributed by atoms with E-state index in [-0.39, 0.29) is 11.4 Å². The number of halogens is 3. The molecule has 0 aliphatic carbocycles. The second-order valence-corrected chi connectivity index (χ2v) is 6.61. The molecule has 2 aromatic rings. The Morgan fingerprint density at radius 3 is 2.68 bits per heavy atom. The highest BCUT2D eigenvalue weighted by Crippen LogP contribution is 2.30. The van der Waals surface area contributed by atoms with Crippen molar-refractivity contribution in [3.8, 4) is 6.07 Å². The number of nitrogens with zero attached hydrogens (tertiary/aromatic N) is 3. The van der Waals surface area contributed by atoms with E-state index in [1.165, 1.54) is 13.1 Å². The normalized spacial score (nSPS) is 10.4. The summed E-state index contributed by atoms with van der Waals surface area (Å²) >= 11 is 7.16. The highest BCUT2D eigenvalue weighted by molar-refractivity contribution is 8.00. The molecule has 1 aromatic carbocycles. The summed E-state index contributed by atoms with van der Waals surface area (Å²) in [4.78, 5) is 17.7. The first-order valence-corrected chi connectivity index (χ1v) is 8.53. The molecule has 1 aromatic heterocycles. The molecule has 0 aliphatic rings. The van der Waals surface area contributed by atoms with Crippen molar-refractivity contribution in [2.75, 3.05) is 17.7 Å². The molecule has 0 atom stereocenters. The number of carbonyl (C=O) groups is 1. The van der Waals surface area contributed by atoms with E-state index in [0.29, 0.717) is 32.9 Å². The molecule has 0 fully saturated rings. The molecule has 130 valence electrons. The van der Waals surface area contributed by atoms with Gasteiger partial charge < -0.3 is 4.90 Å². The van der Waals surface area contributed by atoms with Crippen LogP contribution in [0.2, 0.25) is 5.02 Å². The van der Waals surface area contributed by atoms with Crippen LogP contribution in [0.3, 0.4) is 0 Å². The van der Waals surface area contributed by atoms with Crippen LogP contribution in [-0.4, -0.2) is 23.7 Å². The van der Waals surface area contributed by atoms with Gasteiger partial charge in [-0.2, -0.15) is 5.26 Å². The number of aromatic nitrogens is 1. The number of nitriles is 1. The Morgan fingerprint density at radius 1 is 1.40 bits per heavy atom. The summed E-state index contributed by atoms with van der Waals surface area (Å²) in [7, 11) is 1.40. The number of aryl methyl sites for hydroxylation is 1. The van der Waals surface area contributed by atoms with Crippen molar-refractivity contribution in [3.05, 3.63) is 51.7 Å². The predicted octanol–water partition coefficient (Wildman–Crippen LogP) is 4.26. The first-order chi connectivity index (χ1) is 11.8. The van der Waals surface area contributed by atoms with Crippen molar-refractivity contribution >= 4 is 35.0 Å². The molecular formula is C17H14ClF2N3OS. The van der Waals surface area contributed by atoms with E-state index in [0.717, 1.165) is 22.7 Å². The van der Waals surface area contributed by atoms with Crippen molar-refractivity contribution < 1.29 is 13.6 Å². The van der Waals surface area contributed by atoms with Gasteiger partial charge in [0.25, 0.3) is 0 Å². The quantitative estimate of drug-likeness (QED) is 0.742. The van der Waals surface area contributed by atoms with Crippen LogP contribution in [0.1, 0.15) is 16.8 Å². The minimum atomic E-state index is -0.824. The molecule has 1 amide bonds.